The smallest absolute Gasteiger partial charge is 0.365 e. The third-order valence-corrected chi connectivity index (χ3v) is 4.33. The summed E-state index contributed by atoms with van der Waals surface area (Å²) in [5, 5.41) is 0. The second kappa shape index (κ2) is 9.12. The van der Waals surface area contributed by atoms with Crippen LogP contribution in [0.5, 0.6) is 28.7 Å². The highest BCUT2D eigenvalue weighted by atomic mass is 31.1. The highest BCUT2D eigenvalue weighted by Gasteiger charge is 2.34. The lowest BCUT2D eigenvalue weighted by atomic mass is 9.99. The second-order valence-corrected chi connectivity index (χ2v) is 6.38. The van der Waals surface area contributed by atoms with E-state index in [4.69, 9.17) is 28.4 Å². The van der Waals surface area contributed by atoms with Gasteiger partial charge in [-0.3, -0.25) is 0 Å². The quantitative estimate of drug-likeness (QED) is 0.620. The van der Waals surface area contributed by atoms with Crippen LogP contribution in [-0.4, -0.2) is 33.3 Å². The van der Waals surface area contributed by atoms with Crippen LogP contribution in [0.3, 0.4) is 0 Å². The molecule has 0 radical (unpaired) electrons. The van der Waals surface area contributed by atoms with Gasteiger partial charge in [0.15, 0.2) is 23.0 Å². The Labute approximate surface area is 161 Å². The fourth-order valence-corrected chi connectivity index (χ4v) is 3.00. The van der Waals surface area contributed by atoms with Gasteiger partial charge in [0.25, 0.3) is 5.92 Å². The van der Waals surface area contributed by atoms with E-state index in [1.165, 1.54) is 58.8 Å². The third-order valence-electron chi connectivity index (χ3n) is 3.94. The summed E-state index contributed by atoms with van der Waals surface area (Å²) in [6, 6.07) is 6.40. The van der Waals surface area contributed by atoms with Crippen molar-refractivity contribution in [2.45, 2.75) is 12.3 Å². The van der Waals surface area contributed by atoms with E-state index in [2.05, 4.69) is 0 Å². The van der Waals surface area contributed by atoms with Crippen molar-refractivity contribution in [3.05, 3.63) is 41.5 Å². The Kier molecular flexibility index (Phi) is 7.10. The molecule has 0 aliphatic carbocycles. The maximum atomic E-state index is 15.0. The molecule has 0 aliphatic heterocycles. The zero-order valence-electron chi connectivity index (χ0n) is 15.7. The van der Waals surface area contributed by atoms with Crippen molar-refractivity contribution in [3.8, 4) is 28.7 Å². The SMILES string of the molecule is COc1ccc(CC(F)(F)c2cc(OC)c(OC)c(OC)c2)cc1O[PH](=O)O. The van der Waals surface area contributed by atoms with E-state index in [1.54, 1.807) is 0 Å². The monoisotopic (exact) mass is 418 g/mol. The van der Waals surface area contributed by atoms with Gasteiger partial charge in [-0.25, -0.2) is 13.3 Å². The summed E-state index contributed by atoms with van der Waals surface area (Å²) in [4.78, 5) is 8.97. The Morgan fingerprint density at radius 3 is 1.93 bits per heavy atom. The van der Waals surface area contributed by atoms with Gasteiger partial charge in [-0.2, -0.15) is 0 Å². The Balaban J connectivity index is 2.41. The molecule has 1 unspecified atom stereocenters. The first-order valence-corrected chi connectivity index (χ1v) is 9.28. The molecule has 2 rings (SSSR count). The highest BCUT2D eigenvalue weighted by molar-refractivity contribution is 7.32. The van der Waals surface area contributed by atoms with Gasteiger partial charge in [0.1, 0.15) is 0 Å². The van der Waals surface area contributed by atoms with Crippen molar-refractivity contribution in [1.29, 1.82) is 0 Å². The largest absolute Gasteiger partial charge is 0.493 e. The average Bonchev–Trinajstić information content (AvgIpc) is 2.66. The van der Waals surface area contributed by atoms with E-state index in [1.807, 2.05) is 0 Å². The van der Waals surface area contributed by atoms with Crippen molar-refractivity contribution in [1.82, 2.24) is 0 Å². The summed E-state index contributed by atoms with van der Waals surface area (Å²) in [5.41, 5.74) is -0.158. The molecule has 0 aromatic heterocycles. The van der Waals surface area contributed by atoms with Crippen LogP contribution in [0.25, 0.3) is 0 Å². The van der Waals surface area contributed by atoms with E-state index in [0.717, 1.165) is 0 Å². The number of alkyl halides is 2. The molecule has 0 heterocycles. The predicted octanol–water partition coefficient (Wildman–Crippen LogP) is 3.82. The van der Waals surface area contributed by atoms with Crippen molar-refractivity contribution >= 4 is 8.25 Å². The van der Waals surface area contributed by atoms with Crippen LogP contribution in [0, 0.1) is 0 Å². The molecule has 0 fully saturated rings. The first-order chi connectivity index (χ1) is 13.2. The number of benzene rings is 2. The minimum atomic E-state index is -3.32. The zero-order chi connectivity index (χ0) is 20.9. The molecule has 0 aliphatic rings. The first kappa shape index (κ1) is 21.8. The number of ether oxygens (including phenoxy) is 4. The Morgan fingerprint density at radius 1 is 0.893 bits per heavy atom. The molecule has 0 spiro atoms. The van der Waals surface area contributed by atoms with Crippen molar-refractivity contribution in [2.75, 3.05) is 28.4 Å². The van der Waals surface area contributed by atoms with Crippen molar-refractivity contribution < 1.29 is 41.7 Å². The summed E-state index contributed by atoms with van der Waals surface area (Å²) in [6.45, 7) is 0. The molecule has 0 saturated carbocycles. The molecule has 28 heavy (non-hydrogen) atoms. The van der Waals surface area contributed by atoms with Crippen LogP contribution in [0.15, 0.2) is 30.3 Å². The standard InChI is InChI=1S/C18H21F2O7P/c1-23-13-6-5-11(7-14(13)27-28(21)22)10-18(19,20)12-8-15(24-2)17(26-4)16(9-12)25-3/h5-9,28H,10H2,1-4H3,(H,21,22). The molecule has 2 aromatic carbocycles. The summed E-state index contributed by atoms with van der Waals surface area (Å²) < 4.78 is 66.1. The van der Waals surface area contributed by atoms with E-state index in [0.29, 0.717) is 0 Å². The summed E-state index contributed by atoms with van der Waals surface area (Å²) >= 11 is 0. The maximum Gasteiger partial charge on any atom is 0.365 e. The van der Waals surface area contributed by atoms with Crippen LogP contribution < -0.4 is 23.5 Å². The maximum absolute atomic E-state index is 15.0. The minimum Gasteiger partial charge on any atom is -0.493 e. The zero-order valence-corrected chi connectivity index (χ0v) is 16.7. The van der Waals surface area contributed by atoms with Crippen LogP contribution >= 0.6 is 8.25 Å². The van der Waals surface area contributed by atoms with Gasteiger partial charge in [-0.05, 0) is 29.8 Å². The van der Waals surface area contributed by atoms with Gasteiger partial charge in [0, 0.05) is 12.0 Å². The number of hydrogen-bond acceptors (Lipinski definition) is 6. The van der Waals surface area contributed by atoms with E-state index in [-0.39, 0.29) is 39.9 Å². The fourth-order valence-electron chi connectivity index (χ4n) is 2.66. The van der Waals surface area contributed by atoms with Gasteiger partial charge in [-0.15, -0.1) is 0 Å². The summed E-state index contributed by atoms with van der Waals surface area (Å²) in [7, 11) is 2.07. The molecular weight excluding hydrogens is 397 g/mol. The predicted molar refractivity (Wildman–Crippen MR) is 98.5 cm³/mol. The average molecular weight is 418 g/mol. The first-order valence-electron chi connectivity index (χ1n) is 8.01. The lowest BCUT2D eigenvalue weighted by Gasteiger charge is -2.21. The van der Waals surface area contributed by atoms with E-state index >= 15 is 0 Å². The molecule has 10 heteroatoms. The van der Waals surface area contributed by atoms with Crippen LogP contribution in [0.1, 0.15) is 11.1 Å². The minimum absolute atomic E-state index is 0.0907. The third kappa shape index (κ3) is 4.85. The number of hydrogen-bond donors (Lipinski definition) is 1. The molecule has 0 amide bonds. The van der Waals surface area contributed by atoms with Gasteiger partial charge >= 0.3 is 8.25 Å². The van der Waals surface area contributed by atoms with Crippen molar-refractivity contribution in [2.24, 2.45) is 0 Å². The van der Waals surface area contributed by atoms with Gasteiger partial charge in [0.05, 0.1) is 28.4 Å². The second-order valence-electron chi connectivity index (χ2n) is 5.65. The van der Waals surface area contributed by atoms with Gasteiger partial charge in [0.2, 0.25) is 5.75 Å². The topological polar surface area (TPSA) is 83.5 Å². The molecule has 1 N–H and O–H groups in total. The van der Waals surface area contributed by atoms with Crippen molar-refractivity contribution in [3.63, 3.8) is 0 Å². The fraction of sp³-hybridized carbons (Fsp3) is 0.333. The van der Waals surface area contributed by atoms with Gasteiger partial charge in [-0.1, -0.05) is 6.07 Å². The summed E-state index contributed by atoms with van der Waals surface area (Å²) in [6.07, 6.45) is -0.696. The molecule has 2 aromatic rings. The van der Waals surface area contributed by atoms with E-state index in [9.17, 15) is 13.3 Å². The molecule has 0 saturated heterocycles. The van der Waals surface area contributed by atoms with Crippen LogP contribution in [-0.2, 0) is 16.9 Å². The Morgan fingerprint density at radius 2 is 1.46 bits per heavy atom. The lowest BCUT2D eigenvalue weighted by molar-refractivity contribution is -0.00429. The number of rotatable bonds is 9. The molecule has 154 valence electrons. The Bertz CT molecular complexity index is 833. The highest BCUT2D eigenvalue weighted by Crippen LogP contribution is 2.44. The number of halogens is 2. The molecular formula is C18H21F2O7P. The number of methoxy groups -OCH3 is 4. The normalized spacial score (nSPS) is 12.2. The van der Waals surface area contributed by atoms with Crippen LogP contribution in [0.2, 0.25) is 0 Å². The van der Waals surface area contributed by atoms with Gasteiger partial charge < -0.3 is 28.4 Å². The van der Waals surface area contributed by atoms with Crippen LogP contribution in [0.4, 0.5) is 8.78 Å². The van der Waals surface area contributed by atoms with E-state index < -0.39 is 20.6 Å². The lowest BCUT2D eigenvalue weighted by Crippen LogP contribution is -2.17. The Hall–Kier alpha value is -2.51. The molecule has 7 nitrogen and oxygen atoms in total. The molecule has 0 bridgehead atoms. The summed E-state index contributed by atoms with van der Waals surface area (Å²) in [5.74, 6) is -2.82. The molecule has 1 atom stereocenters.